The van der Waals surface area contributed by atoms with Crippen LogP contribution in [0.3, 0.4) is 0 Å². The van der Waals surface area contributed by atoms with E-state index in [1.807, 2.05) is 35.7 Å². The smallest absolute Gasteiger partial charge is 0.260 e. The van der Waals surface area contributed by atoms with Gasteiger partial charge >= 0.3 is 0 Å². The predicted molar refractivity (Wildman–Crippen MR) is 120 cm³/mol. The number of H-pyrrole nitrogens is 1. The second kappa shape index (κ2) is 7.57. The number of hydrogen-bond donors (Lipinski definition) is 1. The van der Waals surface area contributed by atoms with Crippen molar-refractivity contribution in [2.24, 2.45) is 0 Å². The molecule has 0 saturated carbocycles. The third-order valence-corrected chi connectivity index (χ3v) is 6.52. The first kappa shape index (κ1) is 19.0. The molecule has 0 amide bonds. The molecule has 0 radical (unpaired) electrons. The minimum absolute atomic E-state index is 0.0734. The van der Waals surface area contributed by atoms with Gasteiger partial charge in [-0.05, 0) is 22.1 Å². The fraction of sp³-hybridized carbons (Fsp3) is 0.217. The van der Waals surface area contributed by atoms with Crippen molar-refractivity contribution in [3.05, 3.63) is 81.5 Å². The number of nitrogens with one attached hydrogen (secondary N) is 1. The standard InChI is InChI=1S/C23H22N2OS2/c1-23(2,3)17-11-9-15(10-12-17)13-28-22-24-20(26)19-18(14-27-21(19)25-22)16-7-5-4-6-8-16/h4-12,14H,13H2,1-3H3,(H,24,25,26). The van der Waals surface area contributed by atoms with E-state index in [9.17, 15) is 4.79 Å². The molecular formula is C23H22N2OS2. The van der Waals surface area contributed by atoms with Crippen LogP contribution in [0.2, 0.25) is 0 Å². The fourth-order valence-corrected chi connectivity index (χ4v) is 4.90. The first-order valence-electron chi connectivity index (χ1n) is 9.21. The van der Waals surface area contributed by atoms with Crippen LogP contribution in [0.5, 0.6) is 0 Å². The molecule has 28 heavy (non-hydrogen) atoms. The lowest BCUT2D eigenvalue weighted by Gasteiger charge is -2.19. The summed E-state index contributed by atoms with van der Waals surface area (Å²) >= 11 is 3.08. The highest BCUT2D eigenvalue weighted by molar-refractivity contribution is 7.98. The van der Waals surface area contributed by atoms with Crippen LogP contribution in [-0.2, 0) is 11.2 Å². The number of rotatable bonds is 4. The van der Waals surface area contributed by atoms with E-state index in [0.717, 1.165) is 21.7 Å². The molecule has 4 aromatic rings. The van der Waals surface area contributed by atoms with Gasteiger partial charge in [0, 0.05) is 16.7 Å². The Balaban J connectivity index is 1.57. The van der Waals surface area contributed by atoms with Crippen molar-refractivity contribution in [3.8, 4) is 11.1 Å². The Morgan fingerprint density at radius 3 is 2.43 bits per heavy atom. The Labute approximate surface area is 172 Å². The summed E-state index contributed by atoms with van der Waals surface area (Å²) in [5.41, 5.74) is 4.61. The Morgan fingerprint density at radius 2 is 1.75 bits per heavy atom. The minimum Gasteiger partial charge on any atom is -0.301 e. The van der Waals surface area contributed by atoms with E-state index in [1.54, 1.807) is 11.8 Å². The summed E-state index contributed by atoms with van der Waals surface area (Å²) in [7, 11) is 0. The SMILES string of the molecule is CC(C)(C)c1ccc(CSc2nc3scc(-c4ccccc4)c3c(=O)[nH]2)cc1. The van der Waals surface area contributed by atoms with Crippen LogP contribution >= 0.6 is 23.1 Å². The number of hydrogen-bond acceptors (Lipinski definition) is 4. The van der Waals surface area contributed by atoms with Crippen LogP contribution in [0.15, 0.2) is 69.9 Å². The molecule has 0 bridgehead atoms. The number of thiophene rings is 1. The van der Waals surface area contributed by atoms with Gasteiger partial charge in [-0.3, -0.25) is 4.79 Å². The largest absolute Gasteiger partial charge is 0.301 e. The van der Waals surface area contributed by atoms with Gasteiger partial charge in [-0.2, -0.15) is 0 Å². The van der Waals surface area contributed by atoms with Gasteiger partial charge in [0.25, 0.3) is 5.56 Å². The predicted octanol–water partition coefficient (Wildman–Crippen LogP) is 6.24. The Bertz CT molecular complexity index is 1150. The van der Waals surface area contributed by atoms with Crippen LogP contribution in [0.4, 0.5) is 0 Å². The zero-order chi connectivity index (χ0) is 19.7. The number of benzene rings is 2. The maximum absolute atomic E-state index is 12.7. The van der Waals surface area contributed by atoms with Gasteiger partial charge in [0.15, 0.2) is 5.16 Å². The van der Waals surface area contributed by atoms with Crippen molar-refractivity contribution in [2.45, 2.75) is 37.1 Å². The lowest BCUT2D eigenvalue weighted by molar-refractivity contribution is 0.590. The molecule has 0 unspecified atom stereocenters. The lowest BCUT2D eigenvalue weighted by atomic mass is 9.87. The zero-order valence-corrected chi connectivity index (χ0v) is 17.8. The van der Waals surface area contributed by atoms with Crippen LogP contribution in [0.1, 0.15) is 31.9 Å². The maximum atomic E-state index is 12.7. The molecular weight excluding hydrogens is 384 g/mol. The number of thioether (sulfide) groups is 1. The summed E-state index contributed by atoms with van der Waals surface area (Å²) < 4.78 is 0. The number of aromatic amines is 1. The molecule has 3 nitrogen and oxygen atoms in total. The molecule has 2 heterocycles. The fourth-order valence-electron chi connectivity index (χ4n) is 3.08. The topological polar surface area (TPSA) is 45.8 Å². The van der Waals surface area contributed by atoms with Gasteiger partial charge in [-0.1, -0.05) is 87.1 Å². The van der Waals surface area contributed by atoms with E-state index >= 15 is 0 Å². The number of fused-ring (bicyclic) bond motifs is 1. The molecule has 0 saturated heterocycles. The Kier molecular flexibility index (Phi) is 5.13. The highest BCUT2D eigenvalue weighted by atomic mass is 32.2. The second-order valence-corrected chi connectivity index (χ2v) is 9.62. The van der Waals surface area contributed by atoms with E-state index in [4.69, 9.17) is 0 Å². The van der Waals surface area contributed by atoms with E-state index in [1.165, 1.54) is 22.5 Å². The quantitative estimate of drug-likeness (QED) is 0.322. The zero-order valence-electron chi connectivity index (χ0n) is 16.2. The van der Waals surface area contributed by atoms with Gasteiger partial charge in [0.2, 0.25) is 0 Å². The third-order valence-electron chi connectivity index (χ3n) is 4.70. The summed E-state index contributed by atoms with van der Waals surface area (Å²) in [5.74, 6) is 0.774. The lowest BCUT2D eigenvalue weighted by Crippen LogP contribution is -2.10. The Morgan fingerprint density at radius 1 is 1.04 bits per heavy atom. The summed E-state index contributed by atoms with van der Waals surface area (Å²) in [6, 6.07) is 18.7. The molecule has 5 heteroatoms. The second-order valence-electron chi connectivity index (χ2n) is 7.80. The van der Waals surface area contributed by atoms with Crippen molar-refractivity contribution in [1.82, 2.24) is 9.97 Å². The average molecular weight is 407 g/mol. The summed E-state index contributed by atoms with van der Waals surface area (Å²) in [6.07, 6.45) is 0. The maximum Gasteiger partial charge on any atom is 0.260 e. The van der Waals surface area contributed by atoms with Crippen molar-refractivity contribution >= 4 is 33.3 Å². The molecule has 0 atom stereocenters. The number of nitrogens with zero attached hydrogens (tertiary/aromatic N) is 1. The molecule has 2 aromatic heterocycles. The molecule has 0 spiro atoms. The van der Waals surface area contributed by atoms with Crippen LogP contribution < -0.4 is 5.56 Å². The molecule has 0 fully saturated rings. The van der Waals surface area contributed by atoms with Gasteiger partial charge in [0.1, 0.15) is 4.83 Å². The van der Waals surface area contributed by atoms with Gasteiger partial charge in [-0.25, -0.2) is 4.98 Å². The van der Waals surface area contributed by atoms with E-state index in [2.05, 4.69) is 55.0 Å². The first-order valence-corrected chi connectivity index (χ1v) is 11.1. The molecule has 0 aliphatic heterocycles. The number of aromatic nitrogens is 2. The van der Waals surface area contributed by atoms with Gasteiger partial charge in [0.05, 0.1) is 5.39 Å². The van der Waals surface area contributed by atoms with Crippen LogP contribution in [0.25, 0.3) is 21.3 Å². The van der Waals surface area contributed by atoms with E-state index < -0.39 is 0 Å². The Hall–Kier alpha value is -2.37. The molecule has 0 aliphatic rings. The van der Waals surface area contributed by atoms with E-state index in [-0.39, 0.29) is 11.0 Å². The van der Waals surface area contributed by atoms with Crippen LogP contribution in [-0.4, -0.2) is 9.97 Å². The molecule has 4 rings (SSSR count). The average Bonchev–Trinajstić information content (AvgIpc) is 3.11. The van der Waals surface area contributed by atoms with Crippen molar-refractivity contribution in [1.29, 1.82) is 0 Å². The van der Waals surface area contributed by atoms with Crippen molar-refractivity contribution in [3.63, 3.8) is 0 Å². The summed E-state index contributed by atoms with van der Waals surface area (Å²) in [4.78, 5) is 21.1. The molecule has 1 N–H and O–H groups in total. The highest BCUT2D eigenvalue weighted by Crippen LogP contribution is 2.32. The normalized spacial score (nSPS) is 11.8. The van der Waals surface area contributed by atoms with Crippen molar-refractivity contribution < 1.29 is 0 Å². The first-order chi connectivity index (χ1) is 13.4. The molecule has 142 valence electrons. The van der Waals surface area contributed by atoms with E-state index in [0.29, 0.717) is 10.5 Å². The minimum atomic E-state index is -0.0734. The monoisotopic (exact) mass is 406 g/mol. The van der Waals surface area contributed by atoms with Gasteiger partial charge < -0.3 is 4.98 Å². The molecule has 2 aromatic carbocycles. The molecule has 0 aliphatic carbocycles. The van der Waals surface area contributed by atoms with Gasteiger partial charge in [-0.15, -0.1) is 11.3 Å². The summed E-state index contributed by atoms with van der Waals surface area (Å²) in [5, 5.41) is 3.36. The highest BCUT2D eigenvalue weighted by Gasteiger charge is 2.14. The van der Waals surface area contributed by atoms with Crippen LogP contribution in [0, 0.1) is 0 Å². The third kappa shape index (κ3) is 3.91. The van der Waals surface area contributed by atoms with Crippen molar-refractivity contribution in [2.75, 3.05) is 0 Å². The summed E-state index contributed by atoms with van der Waals surface area (Å²) in [6.45, 7) is 6.64.